The standard InChI is InChI=1S/C34H39NO5/c1-21-10-9-11-23(18-21)29-28(30(36)24-14-17-27(39-8)26(19-24)33(2,3)4)31(37)32(38)35(29)20-22-12-15-25(16-13-22)40-34(5,6)7/h9-19,29,36H,20H2,1-8H3/b30-28-. The molecule has 1 aliphatic heterocycles. The maximum atomic E-state index is 13.6. The molecule has 1 unspecified atom stereocenters. The van der Waals surface area contributed by atoms with Gasteiger partial charge in [0.15, 0.2) is 0 Å². The van der Waals surface area contributed by atoms with Gasteiger partial charge in [-0.25, -0.2) is 0 Å². The molecule has 1 heterocycles. The molecule has 1 aliphatic rings. The SMILES string of the molecule is COc1ccc(/C(O)=C2/C(=O)C(=O)N(Cc3ccc(OC(C)(C)C)cc3)C2c2cccc(C)c2)cc1C(C)(C)C. The Hall–Kier alpha value is -4.06. The van der Waals surface area contributed by atoms with Gasteiger partial charge in [0.2, 0.25) is 0 Å². The Morgan fingerprint density at radius 2 is 1.60 bits per heavy atom. The highest BCUT2D eigenvalue weighted by Gasteiger charge is 2.46. The van der Waals surface area contributed by atoms with Crippen molar-refractivity contribution in [2.75, 3.05) is 7.11 Å². The monoisotopic (exact) mass is 541 g/mol. The number of benzene rings is 3. The van der Waals surface area contributed by atoms with Crippen LogP contribution in [-0.4, -0.2) is 34.4 Å². The van der Waals surface area contributed by atoms with E-state index < -0.39 is 17.7 Å². The second-order valence-corrected chi connectivity index (χ2v) is 12.4. The third kappa shape index (κ3) is 6.06. The minimum absolute atomic E-state index is 0.0771. The van der Waals surface area contributed by atoms with Crippen molar-refractivity contribution in [2.24, 2.45) is 0 Å². The fraction of sp³-hybridized carbons (Fsp3) is 0.353. The number of aryl methyl sites for hydroxylation is 1. The molecule has 210 valence electrons. The quantitative estimate of drug-likeness (QED) is 0.205. The zero-order valence-electron chi connectivity index (χ0n) is 24.7. The van der Waals surface area contributed by atoms with Crippen LogP contribution in [0.3, 0.4) is 0 Å². The van der Waals surface area contributed by atoms with Crippen LogP contribution in [0.5, 0.6) is 11.5 Å². The van der Waals surface area contributed by atoms with Crippen LogP contribution in [0.25, 0.3) is 5.76 Å². The summed E-state index contributed by atoms with van der Waals surface area (Å²) in [5.74, 6) is -0.131. The van der Waals surface area contributed by atoms with E-state index in [1.807, 2.05) is 82.3 Å². The van der Waals surface area contributed by atoms with Gasteiger partial charge in [0.05, 0.1) is 18.7 Å². The first-order valence-electron chi connectivity index (χ1n) is 13.5. The molecule has 4 rings (SSSR count). The number of carbonyl (C=O) groups excluding carboxylic acids is 2. The van der Waals surface area contributed by atoms with Crippen LogP contribution in [-0.2, 0) is 21.5 Å². The zero-order chi connectivity index (χ0) is 29.4. The highest BCUT2D eigenvalue weighted by Crippen LogP contribution is 2.42. The van der Waals surface area contributed by atoms with Crippen molar-refractivity contribution >= 4 is 17.4 Å². The smallest absolute Gasteiger partial charge is 0.295 e. The second kappa shape index (κ2) is 10.8. The molecule has 0 spiro atoms. The minimum atomic E-state index is -0.745. The molecular formula is C34H39NO5. The van der Waals surface area contributed by atoms with E-state index in [2.05, 4.69) is 20.8 Å². The third-order valence-electron chi connectivity index (χ3n) is 6.88. The number of ether oxygens (including phenoxy) is 2. The van der Waals surface area contributed by atoms with Crippen LogP contribution in [0.2, 0.25) is 0 Å². The number of aliphatic hydroxyl groups excluding tert-OH is 1. The lowest BCUT2D eigenvalue weighted by atomic mass is 9.84. The molecule has 1 N–H and O–H groups in total. The molecule has 1 atom stereocenters. The summed E-state index contributed by atoms with van der Waals surface area (Å²) in [5, 5.41) is 11.6. The molecule has 1 amide bonds. The van der Waals surface area contributed by atoms with Crippen LogP contribution in [0.1, 0.15) is 75.4 Å². The van der Waals surface area contributed by atoms with Crippen LogP contribution in [0, 0.1) is 6.92 Å². The van der Waals surface area contributed by atoms with Crippen molar-refractivity contribution < 1.29 is 24.2 Å². The summed E-state index contributed by atoms with van der Waals surface area (Å²) in [6, 6.07) is 19.8. The lowest BCUT2D eigenvalue weighted by Gasteiger charge is -2.26. The van der Waals surface area contributed by atoms with Crippen molar-refractivity contribution in [2.45, 2.75) is 72.1 Å². The van der Waals surface area contributed by atoms with Gasteiger partial charge in [0, 0.05) is 17.7 Å². The maximum absolute atomic E-state index is 13.6. The molecule has 1 fully saturated rings. The largest absolute Gasteiger partial charge is 0.507 e. The highest BCUT2D eigenvalue weighted by molar-refractivity contribution is 6.46. The third-order valence-corrected chi connectivity index (χ3v) is 6.88. The summed E-state index contributed by atoms with van der Waals surface area (Å²) in [4.78, 5) is 28.6. The average Bonchev–Trinajstić information content (AvgIpc) is 3.12. The summed E-state index contributed by atoms with van der Waals surface area (Å²) < 4.78 is 11.5. The first-order valence-corrected chi connectivity index (χ1v) is 13.5. The Kier molecular flexibility index (Phi) is 7.84. The molecule has 6 nitrogen and oxygen atoms in total. The number of carbonyl (C=O) groups is 2. The molecule has 3 aromatic carbocycles. The van der Waals surface area contributed by atoms with Crippen LogP contribution < -0.4 is 9.47 Å². The van der Waals surface area contributed by atoms with Gasteiger partial charge in [-0.3, -0.25) is 9.59 Å². The van der Waals surface area contributed by atoms with Gasteiger partial charge in [-0.05, 0) is 74.6 Å². The molecule has 1 saturated heterocycles. The Morgan fingerprint density at radius 3 is 2.17 bits per heavy atom. The van der Waals surface area contributed by atoms with E-state index in [9.17, 15) is 14.7 Å². The van der Waals surface area contributed by atoms with Gasteiger partial charge in [-0.1, -0.05) is 62.7 Å². The van der Waals surface area contributed by atoms with Gasteiger partial charge in [-0.2, -0.15) is 0 Å². The lowest BCUT2D eigenvalue weighted by molar-refractivity contribution is -0.140. The Morgan fingerprint density at radius 1 is 0.925 bits per heavy atom. The minimum Gasteiger partial charge on any atom is -0.507 e. The van der Waals surface area contributed by atoms with E-state index in [4.69, 9.17) is 9.47 Å². The lowest BCUT2D eigenvalue weighted by Crippen LogP contribution is -2.29. The number of Topliss-reactive ketones (excluding diaryl/α,β-unsaturated/α-hetero) is 1. The topological polar surface area (TPSA) is 76.1 Å². The van der Waals surface area contributed by atoms with E-state index in [1.165, 1.54) is 4.90 Å². The summed E-state index contributed by atoms with van der Waals surface area (Å²) in [6.07, 6.45) is 0. The number of rotatable bonds is 6. The van der Waals surface area contributed by atoms with Crippen LogP contribution in [0.4, 0.5) is 0 Å². The number of likely N-dealkylation sites (tertiary alicyclic amines) is 1. The van der Waals surface area contributed by atoms with Gasteiger partial charge >= 0.3 is 0 Å². The summed E-state index contributed by atoms with van der Waals surface area (Å²) in [5.41, 5.74) is 3.42. The van der Waals surface area contributed by atoms with E-state index in [0.29, 0.717) is 11.3 Å². The molecule has 6 heteroatoms. The van der Waals surface area contributed by atoms with Crippen molar-refractivity contribution in [3.63, 3.8) is 0 Å². The number of ketones is 1. The maximum Gasteiger partial charge on any atom is 0.295 e. The van der Waals surface area contributed by atoms with Gasteiger partial charge in [-0.15, -0.1) is 0 Å². The summed E-state index contributed by atoms with van der Waals surface area (Å²) in [6.45, 7) is 14.3. The molecule has 0 aliphatic carbocycles. The molecule has 0 bridgehead atoms. The Balaban J connectivity index is 1.81. The van der Waals surface area contributed by atoms with Crippen molar-refractivity contribution in [3.8, 4) is 11.5 Å². The first-order chi connectivity index (χ1) is 18.7. The van der Waals surface area contributed by atoms with E-state index >= 15 is 0 Å². The molecule has 3 aromatic rings. The first kappa shape index (κ1) is 28.9. The summed E-state index contributed by atoms with van der Waals surface area (Å²) >= 11 is 0. The van der Waals surface area contributed by atoms with Crippen molar-refractivity contribution in [1.29, 1.82) is 0 Å². The highest BCUT2D eigenvalue weighted by atomic mass is 16.5. The van der Waals surface area contributed by atoms with Gasteiger partial charge in [0.1, 0.15) is 22.9 Å². The number of hydrogen-bond acceptors (Lipinski definition) is 5. The number of nitrogens with zero attached hydrogens (tertiary/aromatic N) is 1. The second-order valence-electron chi connectivity index (χ2n) is 12.4. The normalized spacial score (nSPS) is 17.3. The van der Waals surface area contributed by atoms with E-state index in [0.717, 1.165) is 28.0 Å². The van der Waals surface area contributed by atoms with E-state index in [-0.39, 0.29) is 28.9 Å². The molecule has 0 radical (unpaired) electrons. The number of hydrogen-bond donors (Lipinski definition) is 1. The number of aliphatic hydroxyl groups is 1. The van der Waals surface area contributed by atoms with Gasteiger partial charge < -0.3 is 19.5 Å². The van der Waals surface area contributed by atoms with Gasteiger partial charge in [0.25, 0.3) is 11.7 Å². The predicted molar refractivity (Wildman–Crippen MR) is 158 cm³/mol. The molecule has 0 saturated carbocycles. The van der Waals surface area contributed by atoms with E-state index in [1.54, 1.807) is 19.2 Å². The Bertz CT molecular complexity index is 1450. The predicted octanol–water partition coefficient (Wildman–Crippen LogP) is 7.10. The fourth-order valence-electron chi connectivity index (χ4n) is 5.04. The summed E-state index contributed by atoms with van der Waals surface area (Å²) in [7, 11) is 1.61. The molecular weight excluding hydrogens is 502 g/mol. The van der Waals surface area contributed by atoms with Crippen molar-refractivity contribution in [1.82, 2.24) is 4.90 Å². The van der Waals surface area contributed by atoms with Crippen LogP contribution in [0.15, 0.2) is 72.3 Å². The van der Waals surface area contributed by atoms with Crippen LogP contribution >= 0.6 is 0 Å². The molecule has 0 aromatic heterocycles. The Labute approximate surface area is 237 Å². The number of methoxy groups -OCH3 is 1. The van der Waals surface area contributed by atoms with Crippen molar-refractivity contribution in [3.05, 3.63) is 100 Å². The zero-order valence-corrected chi connectivity index (χ0v) is 24.7. The number of amides is 1. The average molecular weight is 542 g/mol. The molecule has 40 heavy (non-hydrogen) atoms. The fourth-order valence-corrected chi connectivity index (χ4v) is 5.04.